The monoisotopic (exact) mass is 451 g/mol. The van der Waals surface area contributed by atoms with E-state index in [1.807, 2.05) is 0 Å². The maximum absolute atomic E-state index is 12.7. The summed E-state index contributed by atoms with van der Waals surface area (Å²) in [4.78, 5) is 15.0. The minimum absolute atomic E-state index is 0.0524. The summed E-state index contributed by atoms with van der Waals surface area (Å²) in [6, 6.07) is 6.89. The molecule has 1 aromatic rings. The van der Waals surface area contributed by atoms with Crippen molar-refractivity contribution in [2.75, 3.05) is 52.5 Å². The largest absolute Gasteiger partial charge is 0.379 e. The highest BCUT2D eigenvalue weighted by atomic mass is 32.2. The molecule has 0 saturated carbocycles. The Morgan fingerprint density at radius 1 is 1.13 bits per heavy atom. The van der Waals surface area contributed by atoms with Gasteiger partial charge in [-0.25, -0.2) is 8.42 Å². The first-order chi connectivity index (χ1) is 14.9. The Morgan fingerprint density at radius 3 is 2.58 bits per heavy atom. The van der Waals surface area contributed by atoms with Gasteiger partial charge in [-0.2, -0.15) is 4.31 Å². The van der Waals surface area contributed by atoms with Gasteiger partial charge in [0, 0.05) is 32.6 Å². The van der Waals surface area contributed by atoms with Crippen LogP contribution >= 0.6 is 0 Å². The van der Waals surface area contributed by atoms with Gasteiger partial charge in [-0.1, -0.05) is 19.1 Å². The van der Waals surface area contributed by atoms with Gasteiger partial charge in [-0.15, -0.1) is 0 Å². The quantitative estimate of drug-likeness (QED) is 0.552. The van der Waals surface area contributed by atoms with Crippen molar-refractivity contribution in [1.82, 2.24) is 14.5 Å². The molecular formula is C23H37N3O4S. The predicted molar refractivity (Wildman–Crippen MR) is 121 cm³/mol. The van der Waals surface area contributed by atoms with E-state index in [4.69, 9.17) is 4.74 Å². The van der Waals surface area contributed by atoms with Crippen LogP contribution in [0, 0.1) is 5.92 Å². The molecule has 7 nitrogen and oxygen atoms in total. The molecule has 1 atom stereocenters. The Labute approximate surface area is 187 Å². The highest BCUT2D eigenvalue weighted by molar-refractivity contribution is 7.89. The number of carbonyl (C=O) groups is 1. The smallest absolute Gasteiger partial charge is 0.243 e. The van der Waals surface area contributed by atoms with Crippen molar-refractivity contribution in [2.24, 2.45) is 5.92 Å². The number of morpholine rings is 1. The number of nitrogens with zero attached hydrogens (tertiary/aromatic N) is 2. The standard InChI is InChI=1S/C23H37N3O4S/c1-20-5-4-14-25(19-20)13-3-2-12-24-23(27)11-8-21-6-9-22(10-7-21)31(28,29)26-15-17-30-18-16-26/h6-7,9-10,20H,2-5,8,11-19H2,1H3,(H,24,27). The number of piperidine rings is 1. The molecule has 2 aliphatic rings. The number of carbonyl (C=O) groups excluding carboxylic acids is 1. The molecule has 1 unspecified atom stereocenters. The molecule has 1 N–H and O–H groups in total. The van der Waals surface area contributed by atoms with Gasteiger partial charge in [0.25, 0.3) is 0 Å². The summed E-state index contributed by atoms with van der Waals surface area (Å²) in [7, 11) is -3.47. The lowest BCUT2D eigenvalue weighted by Crippen LogP contribution is -2.40. The van der Waals surface area contributed by atoms with Gasteiger partial charge >= 0.3 is 0 Å². The van der Waals surface area contributed by atoms with Gasteiger partial charge in [0.2, 0.25) is 15.9 Å². The highest BCUT2D eigenvalue weighted by Crippen LogP contribution is 2.18. The lowest BCUT2D eigenvalue weighted by atomic mass is 10.0. The number of unbranched alkanes of at least 4 members (excludes halogenated alkanes) is 1. The average molecular weight is 452 g/mol. The number of benzene rings is 1. The first kappa shape index (κ1) is 24.2. The zero-order valence-electron chi connectivity index (χ0n) is 18.7. The SMILES string of the molecule is CC1CCCN(CCCCNC(=O)CCc2ccc(S(=O)(=O)N3CCOCC3)cc2)C1. The number of rotatable bonds is 10. The maximum atomic E-state index is 12.7. The lowest BCUT2D eigenvalue weighted by Gasteiger charge is -2.30. The van der Waals surface area contributed by atoms with E-state index in [1.165, 1.54) is 30.2 Å². The van der Waals surface area contributed by atoms with Crippen LogP contribution in [-0.2, 0) is 26.0 Å². The summed E-state index contributed by atoms with van der Waals surface area (Å²) < 4.78 is 32.0. The van der Waals surface area contributed by atoms with Crippen LogP contribution in [0.3, 0.4) is 0 Å². The third-order valence-corrected chi connectivity index (χ3v) is 8.05. The van der Waals surface area contributed by atoms with E-state index >= 15 is 0 Å². The summed E-state index contributed by atoms with van der Waals surface area (Å²) in [5.74, 6) is 0.860. The van der Waals surface area contributed by atoms with Crippen molar-refractivity contribution in [1.29, 1.82) is 0 Å². The first-order valence-electron chi connectivity index (χ1n) is 11.6. The van der Waals surface area contributed by atoms with Crippen LogP contribution in [0.1, 0.15) is 44.6 Å². The molecule has 1 amide bonds. The van der Waals surface area contributed by atoms with Crippen LogP contribution in [0.2, 0.25) is 0 Å². The Morgan fingerprint density at radius 2 is 1.87 bits per heavy atom. The number of likely N-dealkylation sites (tertiary alicyclic amines) is 1. The summed E-state index contributed by atoms with van der Waals surface area (Å²) >= 11 is 0. The molecule has 1 aromatic carbocycles. The van der Waals surface area contributed by atoms with Gasteiger partial charge in [0.1, 0.15) is 0 Å². The average Bonchev–Trinajstić information content (AvgIpc) is 2.78. The maximum Gasteiger partial charge on any atom is 0.243 e. The lowest BCUT2D eigenvalue weighted by molar-refractivity contribution is -0.121. The van der Waals surface area contributed by atoms with Crippen molar-refractivity contribution in [3.8, 4) is 0 Å². The number of amides is 1. The van der Waals surface area contributed by atoms with Crippen molar-refractivity contribution in [3.05, 3.63) is 29.8 Å². The Kier molecular flexibility index (Phi) is 9.31. The summed E-state index contributed by atoms with van der Waals surface area (Å²) in [5.41, 5.74) is 0.968. The minimum atomic E-state index is -3.47. The molecule has 2 saturated heterocycles. The molecule has 2 aliphatic heterocycles. The molecule has 2 heterocycles. The second-order valence-electron chi connectivity index (χ2n) is 8.77. The third-order valence-electron chi connectivity index (χ3n) is 6.14. The number of sulfonamides is 1. The van der Waals surface area contributed by atoms with Crippen LogP contribution in [-0.4, -0.2) is 76.0 Å². The molecule has 3 rings (SSSR count). The van der Waals surface area contributed by atoms with Gasteiger partial charge in [0.05, 0.1) is 18.1 Å². The van der Waals surface area contributed by atoms with Crippen LogP contribution in [0.15, 0.2) is 29.2 Å². The molecular weight excluding hydrogens is 414 g/mol. The van der Waals surface area contributed by atoms with Crippen molar-refractivity contribution >= 4 is 15.9 Å². The van der Waals surface area contributed by atoms with E-state index < -0.39 is 10.0 Å². The van der Waals surface area contributed by atoms with Crippen LogP contribution < -0.4 is 5.32 Å². The molecule has 8 heteroatoms. The fourth-order valence-corrected chi connectivity index (χ4v) is 5.70. The third kappa shape index (κ3) is 7.56. The normalized spacial score (nSPS) is 21.1. The Hall–Kier alpha value is -1.48. The number of aryl methyl sites for hydroxylation is 1. The zero-order valence-corrected chi connectivity index (χ0v) is 19.5. The second-order valence-corrected chi connectivity index (χ2v) is 10.7. The molecule has 0 spiro atoms. The zero-order chi connectivity index (χ0) is 22.1. The molecule has 0 bridgehead atoms. The number of hydrogen-bond donors (Lipinski definition) is 1. The van der Waals surface area contributed by atoms with Gasteiger partial charge < -0.3 is 15.0 Å². The topological polar surface area (TPSA) is 79.0 Å². The van der Waals surface area contributed by atoms with E-state index in [2.05, 4.69) is 17.1 Å². The minimum Gasteiger partial charge on any atom is -0.379 e. The molecule has 0 aliphatic carbocycles. The van der Waals surface area contributed by atoms with Crippen LogP contribution in [0.4, 0.5) is 0 Å². The number of ether oxygens (including phenoxy) is 1. The van der Waals surface area contributed by atoms with Crippen molar-refractivity contribution in [2.45, 2.75) is 50.3 Å². The second kappa shape index (κ2) is 11.9. The van der Waals surface area contributed by atoms with Crippen LogP contribution in [0.25, 0.3) is 0 Å². The molecule has 2 fully saturated rings. The van der Waals surface area contributed by atoms with E-state index in [0.717, 1.165) is 37.4 Å². The number of nitrogens with one attached hydrogen (secondary N) is 1. The summed E-state index contributed by atoms with van der Waals surface area (Å²) in [5, 5.41) is 3.01. The van der Waals surface area contributed by atoms with E-state index in [1.54, 1.807) is 24.3 Å². The fraction of sp³-hybridized carbons (Fsp3) is 0.696. The van der Waals surface area contributed by atoms with Gasteiger partial charge in [-0.3, -0.25) is 4.79 Å². The van der Waals surface area contributed by atoms with Crippen molar-refractivity contribution < 1.29 is 17.9 Å². The molecule has 0 aromatic heterocycles. The van der Waals surface area contributed by atoms with Gasteiger partial charge in [0.15, 0.2) is 0 Å². The Bertz CT molecular complexity index is 792. The fourth-order valence-electron chi connectivity index (χ4n) is 4.29. The highest BCUT2D eigenvalue weighted by Gasteiger charge is 2.26. The summed E-state index contributed by atoms with van der Waals surface area (Å²) in [6.07, 6.45) is 5.79. The predicted octanol–water partition coefficient (Wildman–Crippen LogP) is 2.27. The molecule has 174 valence electrons. The molecule has 0 radical (unpaired) electrons. The summed E-state index contributed by atoms with van der Waals surface area (Å²) in [6.45, 7) is 8.24. The molecule has 31 heavy (non-hydrogen) atoms. The van der Waals surface area contributed by atoms with Crippen LogP contribution in [0.5, 0.6) is 0 Å². The van der Waals surface area contributed by atoms with E-state index in [9.17, 15) is 13.2 Å². The van der Waals surface area contributed by atoms with E-state index in [-0.39, 0.29) is 5.91 Å². The Balaban J connectivity index is 1.32. The van der Waals surface area contributed by atoms with Gasteiger partial charge in [-0.05, 0) is 68.8 Å². The van der Waals surface area contributed by atoms with Crippen molar-refractivity contribution in [3.63, 3.8) is 0 Å². The number of hydrogen-bond acceptors (Lipinski definition) is 5. The first-order valence-corrected chi connectivity index (χ1v) is 13.0. The van der Waals surface area contributed by atoms with E-state index in [0.29, 0.717) is 44.0 Å².